The number of anilines is 1. The molecule has 0 radical (unpaired) electrons. The first kappa shape index (κ1) is 16.5. The van der Waals surface area contributed by atoms with Crippen LogP contribution in [0.5, 0.6) is 0 Å². The van der Waals surface area contributed by atoms with Gasteiger partial charge in [-0.25, -0.2) is 4.79 Å². The van der Waals surface area contributed by atoms with E-state index in [4.69, 9.17) is 10.5 Å². The highest BCUT2D eigenvalue weighted by molar-refractivity contribution is 5.84. The van der Waals surface area contributed by atoms with E-state index < -0.39 is 0 Å². The predicted molar refractivity (Wildman–Crippen MR) is 82.6 cm³/mol. The lowest BCUT2D eigenvalue weighted by Gasteiger charge is -2.15. The molecule has 20 heavy (non-hydrogen) atoms. The lowest BCUT2D eigenvalue weighted by atomic mass is 10.0. The van der Waals surface area contributed by atoms with Gasteiger partial charge in [-0.3, -0.25) is 5.32 Å². The quantitative estimate of drug-likeness (QED) is 0.757. The van der Waals surface area contributed by atoms with E-state index in [-0.39, 0.29) is 6.09 Å². The van der Waals surface area contributed by atoms with Gasteiger partial charge in [0.1, 0.15) is 0 Å². The average Bonchev–Trinajstić information content (AvgIpc) is 2.48. The lowest BCUT2D eigenvalue weighted by molar-refractivity contribution is 0.136. The number of benzene rings is 1. The summed E-state index contributed by atoms with van der Waals surface area (Å²) in [7, 11) is 0. The fraction of sp³-hybridized carbons (Fsp3) is 0.562. The van der Waals surface area contributed by atoms with Gasteiger partial charge in [0.25, 0.3) is 0 Å². The Hall–Kier alpha value is -1.55. The molecule has 0 spiro atoms. The van der Waals surface area contributed by atoms with Crippen LogP contribution in [-0.4, -0.2) is 12.7 Å². The molecule has 0 fully saturated rings. The van der Waals surface area contributed by atoms with Gasteiger partial charge in [0.15, 0.2) is 0 Å². The normalized spacial score (nSPS) is 11.9. The fourth-order valence-corrected chi connectivity index (χ4v) is 1.97. The van der Waals surface area contributed by atoms with Crippen LogP contribution < -0.4 is 11.1 Å². The number of carbonyl (C=O) groups is 1. The Morgan fingerprint density at radius 3 is 2.55 bits per heavy atom. The Labute approximate surface area is 121 Å². The Morgan fingerprint density at radius 1 is 1.30 bits per heavy atom. The molecule has 1 unspecified atom stereocenters. The van der Waals surface area contributed by atoms with Crippen LogP contribution in [0.2, 0.25) is 0 Å². The zero-order valence-corrected chi connectivity index (χ0v) is 12.5. The SMILES string of the molecule is CCCCC(CC)COC(=O)Nc1ccc(CN)cc1. The number of carbonyl (C=O) groups excluding carboxylic acids is 1. The molecule has 1 aromatic rings. The molecule has 0 heterocycles. The maximum Gasteiger partial charge on any atom is 0.411 e. The molecule has 0 bridgehead atoms. The van der Waals surface area contributed by atoms with Gasteiger partial charge in [-0.1, -0.05) is 45.2 Å². The van der Waals surface area contributed by atoms with Gasteiger partial charge in [0, 0.05) is 12.2 Å². The monoisotopic (exact) mass is 278 g/mol. The Kier molecular flexibility index (Phi) is 7.73. The van der Waals surface area contributed by atoms with Crippen molar-refractivity contribution in [2.24, 2.45) is 11.7 Å². The van der Waals surface area contributed by atoms with Crippen molar-refractivity contribution in [2.45, 2.75) is 46.1 Å². The second-order valence-corrected chi connectivity index (χ2v) is 5.04. The predicted octanol–water partition coefficient (Wildman–Crippen LogP) is 3.91. The van der Waals surface area contributed by atoms with Crippen LogP contribution in [0.15, 0.2) is 24.3 Å². The van der Waals surface area contributed by atoms with Crippen LogP contribution in [0.4, 0.5) is 10.5 Å². The molecule has 0 saturated heterocycles. The molecule has 3 N–H and O–H groups in total. The molecule has 0 aliphatic heterocycles. The Bertz CT molecular complexity index is 390. The first-order chi connectivity index (χ1) is 9.69. The van der Waals surface area contributed by atoms with Crippen molar-refractivity contribution in [3.05, 3.63) is 29.8 Å². The van der Waals surface area contributed by atoms with Gasteiger partial charge in [-0.05, 0) is 30.0 Å². The molecule has 112 valence electrons. The van der Waals surface area contributed by atoms with Crippen molar-refractivity contribution in [3.63, 3.8) is 0 Å². The van der Waals surface area contributed by atoms with Crippen molar-refractivity contribution in [2.75, 3.05) is 11.9 Å². The van der Waals surface area contributed by atoms with Gasteiger partial charge >= 0.3 is 6.09 Å². The molecular formula is C16H26N2O2. The van der Waals surface area contributed by atoms with Crippen molar-refractivity contribution < 1.29 is 9.53 Å². The minimum Gasteiger partial charge on any atom is -0.449 e. The Balaban J connectivity index is 2.34. The molecule has 1 rings (SSSR count). The number of unbranched alkanes of at least 4 members (excludes halogenated alkanes) is 1. The molecule has 4 heteroatoms. The number of hydrogen-bond acceptors (Lipinski definition) is 3. The molecule has 4 nitrogen and oxygen atoms in total. The summed E-state index contributed by atoms with van der Waals surface area (Å²) < 4.78 is 5.28. The fourth-order valence-electron chi connectivity index (χ4n) is 1.97. The van der Waals surface area contributed by atoms with E-state index in [0.29, 0.717) is 19.1 Å². The molecule has 1 amide bonds. The number of nitrogens with one attached hydrogen (secondary N) is 1. The number of rotatable bonds is 8. The van der Waals surface area contributed by atoms with E-state index in [1.165, 1.54) is 12.8 Å². The summed E-state index contributed by atoms with van der Waals surface area (Å²) in [6, 6.07) is 7.45. The number of hydrogen-bond donors (Lipinski definition) is 2. The first-order valence-electron chi connectivity index (χ1n) is 7.42. The summed E-state index contributed by atoms with van der Waals surface area (Å²) in [6.07, 6.45) is 4.13. The summed E-state index contributed by atoms with van der Waals surface area (Å²) in [5.74, 6) is 0.459. The van der Waals surface area contributed by atoms with E-state index >= 15 is 0 Å². The van der Waals surface area contributed by atoms with Crippen molar-refractivity contribution >= 4 is 11.8 Å². The summed E-state index contributed by atoms with van der Waals surface area (Å²) in [4.78, 5) is 11.7. The topological polar surface area (TPSA) is 64.3 Å². The van der Waals surface area contributed by atoms with Gasteiger partial charge in [-0.15, -0.1) is 0 Å². The van der Waals surface area contributed by atoms with Crippen LogP contribution in [-0.2, 0) is 11.3 Å². The second kappa shape index (κ2) is 9.37. The van der Waals surface area contributed by atoms with Crippen molar-refractivity contribution in [1.82, 2.24) is 0 Å². The highest BCUT2D eigenvalue weighted by Gasteiger charge is 2.10. The third-order valence-corrected chi connectivity index (χ3v) is 3.43. The minimum atomic E-state index is -0.388. The third-order valence-electron chi connectivity index (χ3n) is 3.43. The van der Waals surface area contributed by atoms with Gasteiger partial charge < -0.3 is 10.5 Å². The van der Waals surface area contributed by atoms with Crippen LogP contribution in [0.3, 0.4) is 0 Å². The standard InChI is InChI=1S/C16H26N2O2/c1-3-5-6-13(4-2)12-20-16(19)18-15-9-7-14(11-17)8-10-15/h7-10,13H,3-6,11-12,17H2,1-2H3,(H,18,19). The summed E-state index contributed by atoms with van der Waals surface area (Å²) in [5.41, 5.74) is 7.29. The molecule has 0 saturated carbocycles. The molecule has 0 aromatic heterocycles. The van der Waals surface area contributed by atoms with E-state index in [1.807, 2.05) is 24.3 Å². The largest absolute Gasteiger partial charge is 0.449 e. The molecular weight excluding hydrogens is 252 g/mol. The van der Waals surface area contributed by atoms with Crippen LogP contribution in [0.25, 0.3) is 0 Å². The molecule has 0 aliphatic carbocycles. The van der Waals surface area contributed by atoms with Crippen molar-refractivity contribution in [3.8, 4) is 0 Å². The van der Waals surface area contributed by atoms with Gasteiger partial charge in [0.05, 0.1) is 6.61 Å². The number of amides is 1. The molecule has 1 aromatic carbocycles. The number of ether oxygens (including phenoxy) is 1. The van der Waals surface area contributed by atoms with E-state index in [2.05, 4.69) is 19.2 Å². The Morgan fingerprint density at radius 2 is 2.00 bits per heavy atom. The maximum atomic E-state index is 11.7. The third kappa shape index (κ3) is 6.06. The summed E-state index contributed by atoms with van der Waals surface area (Å²) in [5, 5.41) is 2.73. The van der Waals surface area contributed by atoms with Gasteiger partial charge in [-0.2, -0.15) is 0 Å². The van der Waals surface area contributed by atoms with E-state index in [0.717, 1.165) is 24.1 Å². The van der Waals surface area contributed by atoms with Crippen LogP contribution in [0.1, 0.15) is 45.1 Å². The average molecular weight is 278 g/mol. The molecule has 1 atom stereocenters. The maximum absolute atomic E-state index is 11.7. The van der Waals surface area contributed by atoms with E-state index in [9.17, 15) is 4.79 Å². The number of nitrogens with two attached hydrogens (primary N) is 1. The minimum absolute atomic E-state index is 0.388. The summed E-state index contributed by atoms with van der Waals surface area (Å²) >= 11 is 0. The first-order valence-corrected chi connectivity index (χ1v) is 7.42. The highest BCUT2D eigenvalue weighted by Crippen LogP contribution is 2.14. The van der Waals surface area contributed by atoms with Crippen molar-refractivity contribution in [1.29, 1.82) is 0 Å². The van der Waals surface area contributed by atoms with Crippen LogP contribution >= 0.6 is 0 Å². The smallest absolute Gasteiger partial charge is 0.411 e. The zero-order chi connectivity index (χ0) is 14.8. The van der Waals surface area contributed by atoms with Gasteiger partial charge in [0.2, 0.25) is 0 Å². The van der Waals surface area contributed by atoms with Crippen LogP contribution in [0, 0.1) is 5.92 Å². The zero-order valence-electron chi connectivity index (χ0n) is 12.5. The summed E-state index contributed by atoms with van der Waals surface area (Å²) in [6.45, 7) is 5.29. The van der Waals surface area contributed by atoms with E-state index in [1.54, 1.807) is 0 Å². The molecule has 0 aliphatic rings. The second-order valence-electron chi connectivity index (χ2n) is 5.04. The lowest BCUT2D eigenvalue weighted by Crippen LogP contribution is -2.18. The highest BCUT2D eigenvalue weighted by atomic mass is 16.5.